The van der Waals surface area contributed by atoms with Crippen LogP contribution in [0.2, 0.25) is 0 Å². The molecular weight excluding hydrogens is 358 g/mol. The highest BCUT2D eigenvalue weighted by atomic mass is 32.1. The fourth-order valence-corrected chi connectivity index (χ4v) is 3.65. The van der Waals surface area contributed by atoms with Crippen molar-refractivity contribution in [3.63, 3.8) is 0 Å². The molecule has 1 N–H and O–H groups in total. The van der Waals surface area contributed by atoms with Gasteiger partial charge in [-0.1, -0.05) is 13.8 Å². The number of hydrogen-bond donors (Lipinski definition) is 1. The van der Waals surface area contributed by atoms with Gasteiger partial charge < -0.3 is 5.32 Å². The van der Waals surface area contributed by atoms with Gasteiger partial charge in [0.25, 0.3) is 5.91 Å². The van der Waals surface area contributed by atoms with Crippen molar-refractivity contribution in [3.05, 3.63) is 40.0 Å². The number of amides is 1. The maximum Gasteiger partial charge on any atom is 0.257 e. The molecule has 0 atom stereocenters. The van der Waals surface area contributed by atoms with Gasteiger partial charge in [-0.15, -0.1) is 11.3 Å². The summed E-state index contributed by atoms with van der Waals surface area (Å²) in [5.41, 5.74) is 3.05. The first-order valence-corrected chi connectivity index (χ1v) is 9.71. The van der Waals surface area contributed by atoms with Crippen molar-refractivity contribution in [2.75, 3.05) is 5.32 Å². The Morgan fingerprint density at radius 3 is 2.67 bits per heavy atom. The zero-order chi connectivity index (χ0) is 19.9. The molecule has 0 aromatic carbocycles. The number of pyridine rings is 1. The highest BCUT2D eigenvalue weighted by molar-refractivity contribution is 7.14. The number of fused-ring (bicyclic) bond motifs is 1. The van der Waals surface area contributed by atoms with E-state index in [1.54, 1.807) is 11.4 Å². The van der Waals surface area contributed by atoms with Gasteiger partial charge in [-0.05, 0) is 51.1 Å². The van der Waals surface area contributed by atoms with Crippen molar-refractivity contribution in [2.24, 2.45) is 0 Å². The smallest absolute Gasteiger partial charge is 0.257 e. The molecule has 0 spiro atoms. The Morgan fingerprint density at radius 2 is 2.07 bits per heavy atom. The topological polar surface area (TPSA) is 83.6 Å². The molecule has 0 aliphatic carbocycles. The number of hydrogen-bond acceptors (Lipinski definition) is 5. The summed E-state index contributed by atoms with van der Waals surface area (Å²) in [6.07, 6.45) is 0. The lowest BCUT2D eigenvalue weighted by Crippen LogP contribution is -2.24. The molecule has 3 rings (SSSR count). The van der Waals surface area contributed by atoms with Crippen LogP contribution in [0.25, 0.3) is 11.0 Å². The van der Waals surface area contributed by atoms with Gasteiger partial charge in [0, 0.05) is 5.69 Å². The van der Waals surface area contributed by atoms with E-state index in [1.807, 2.05) is 31.5 Å². The number of rotatable bonds is 3. The maximum atomic E-state index is 13.1. The van der Waals surface area contributed by atoms with Crippen LogP contribution in [0, 0.1) is 18.3 Å². The monoisotopic (exact) mass is 381 g/mol. The Morgan fingerprint density at radius 1 is 1.37 bits per heavy atom. The first-order valence-electron chi connectivity index (χ1n) is 8.83. The summed E-state index contributed by atoms with van der Waals surface area (Å²) in [5.74, 6) is -0.0826. The molecule has 3 aromatic heterocycles. The molecule has 0 unspecified atom stereocenters. The molecule has 1 amide bonds. The summed E-state index contributed by atoms with van der Waals surface area (Å²) in [4.78, 5) is 17.9. The number of aromatic nitrogens is 3. The van der Waals surface area contributed by atoms with Crippen molar-refractivity contribution in [1.82, 2.24) is 14.8 Å². The molecule has 3 heterocycles. The van der Waals surface area contributed by atoms with Gasteiger partial charge >= 0.3 is 0 Å². The van der Waals surface area contributed by atoms with Gasteiger partial charge in [0.2, 0.25) is 0 Å². The molecule has 3 aromatic rings. The van der Waals surface area contributed by atoms with Crippen LogP contribution in [-0.4, -0.2) is 20.7 Å². The van der Waals surface area contributed by atoms with E-state index < -0.39 is 0 Å². The predicted molar refractivity (Wildman–Crippen MR) is 108 cm³/mol. The van der Waals surface area contributed by atoms with Crippen LogP contribution >= 0.6 is 11.3 Å². The van der Waals surface area contributed by atoms with Gasteiger partial charge in [-0.25, -0.2) is 9.67 Å². The van der Waals surface area contributed by atoms with Gasteiger partial charge in [0.15, 0.2) is 5.65 Å². The average molecular weight is 382 g/mol. The standard InChI is InChI=1S/C20H23N5OS/c1-11(2)15-9-14(18(26)23-19-13(10-21)7-8-27-19)16-12(3)24-25(17(16)22-15)20(4,5)6/h7-9,11H,1-6H3,(H,23,26). The third-order valence-electron chi connectivity index (χ3n) is 4.32. The van der Waals surface area contributed by atoms with Crippen LogP contribution in [-0.2, 0) is 5.54 Å². The molecule has 0 aliphatic rings. The molecule has 0 aliphatic heterocycles. The van der Waals surface area contributed by atoms with Crippen LogP contribution in [0.1, 0.15) is 67.8 Å². The lowest BCUT2D eigenvalue weighted by atomic mass is 10.0. The third-order valence-corrected chi connectivity index (χ3v) is 5.15. The Bertz CT molecular complexity index is 1060. The van der Waals surface area contributed by atoms with Crippen LogP contribution in [0.5, 0.6) is 0 Å². The zero-order valence-electron chi connectivity index (χ0n) is 16.4. The van der Waals surface area contributed by atoms with E-state index in [0.29, 0.717) is 21.8 Å². The third kappa shape index (κ3) is 3.45. The Balaban J connectivity index is 2.21. The number of nitrogens with one attached hydrogen (secondary N) is 1. The number of carbonyl (C=O) groups is 1. The van der Waals surface area contributed by atoms with E-state index in [0.717, 1.165) is 16.8 Å². The minimum atomic E-state index is -0.259. The number of nitriles is 1. The highest BCUT2D eigenvalue weighted by Crippen LogP contribution is 2.30. The van der Waals surface area contributed by atoms with Crippen LogP contribution < -0.4 is 5.32 Å². The van der Waals surface area contributed by atoms with Crippen molar-refractivity contribution in [2.45, 2.75) is 53.0 Å². The normalized spacial score (nSPS) is 11.8. The maximum absolute atomic E-state index is 13.1. The minimum absolute atomic E-state index is 0.168. The number of aryl methyl sites for hydroxylation is 1. The molecule has 0 saturated heterocycles. The van der Waals surface area contributed by atoms with Gasteiger partial charge in [0.1, 0.15) is 11.1 Å². The van der Waals surface area contributed by atoms with E-state index in [-0.39, 0.29) is 17.4 Å². The van der Waals surface area contributed by atoms with Crippen LogP contribution in [0.4, 0.5) is 5.00 Å². The predicted octanol–water partition coefficient (Wildman–Crippen LogP) is 4.80. The highest BCUT2D eigenvalue weighted by Gasteiger charge is 2.25. The van der Waals surface area contributed by atoms with Crippen molar-refractivity contribution < 1.29 is 4.79 Å². The van der Waals surface area contributed by atoms with Crippen molar-refractivity contribution in [3.8, 4) is 6.07 Å². The Labute approximate surface area is 162 Å². The van der Waals surface area contributed by atoms with Crippen LogP contribution in [0.3, 0.4) is 0 Å². The SMILES string of the molecule is Cc1nn(C(C)(C)C)c2nc(C(C)C)cc(C(=O)Nc3sccc3C#N)c12. The summed E-state index contributed by atoms with van der Waals surface area (Å²) in [6, 6.07) is 5.64. The molecule has 0 radical (unpaired) electrons. The fourth-order valence-electron chi connectivity index (χ4n) is 2.92. The molecule has 0 bridgehead atoms. The van der Waals surface area contributed by atoms with Crippen molar-refractivity contribution in [1.29, 1.82) is 5.26 Å². The quantitative estimate of drug-likeness (QED) is 0.706. The first kappa shape index (κ1) is 19.1. The van der Waals surface area contributed by atoms with Gasteiger partial charge in [0.05, 0.1) is 27.7 Å². The number of anilines is 1. The van der Waals surface area contributed by atoms with E-state index in [4.69, 9.17) is 4.98 Å². The van der Waals surface area contributed by atoms with E-state index in [9.17, 15) is 10.1 Å². The van der Waals surface area contributed by atoms with Crippen molar-refractivity contribution >= 4 is 33.3 Å². The van der Waals surface area contributed by atoms with Gasteiger partial charge in [-0.2, -0.15) is 10.4 Å². The Kier molecular flexibility index (Phi) is 4.79. The summed E-state index contributed by atoms with van der Waals surface area (Å²) >= 11 is 1.34. The second-order valence-electron chi connectivity index (χ2n) is 7.85. The lowest BCUT2D eigenvalue weighted by Gasteiger charge is -2.20. The first-order chi connectivity index (χ1) is 12.6. The average Bonchev–Trinajstić information content (AvgIpc) is 3.17. The second-order valence-corrected chi connectivity index (χ2v) is 8.76. The summed E-state index contributed by atoms with van der Waals surface area (Å²) < 4.78 is 1.88. The van der Waals surface area contributed by atoms with E-state index >= 15 is 0 Å². The Hall–Kier alpha value is -2.72. The zero-order valence-corrected chi connectivity index (χ0v) is 17.2. The molecule has 6 nitrogen and oxygen atoms in total. The fraction of sp³-hybridized carbons (Fsp3) is 0.400. The molecule has 0 saturated carbocycles. The van der Waals surface area contributed by atoms with Crippen LogP contribution in [0.15, 0.2) is 17.5 Å². The minimum Gasteiger partial charge on any atom is -0.312 e. The summed E-state index contributed by atoms with van der Waals surface area (Å²) in [5, 5.41) is 19.8. The number of thiophene rings is 1. The molecule has 27 heavy (non-hydrogen) atoms. The largest absolute Gasteiger partial charge is 0.312 e. The van der Waals surface area contributed by atoms with E-state index in [2.05, 4.69) is 37.3 Å². The number of nitrogens with zero attached hydrogens (tertiary/aromatic N) is 4. The summed E-state index contributed by atoms with van der Waals surface area (Å²) in [6.45, 7) is 12.2. The lowest BCUT2D eigenvalue weighted by molar-refractivity contribution is 0.102. The van der Waals surface area contributed by atoms with E-state index in [1.165, 1.54) is 11.3 Å². The molecule has 140 valence electrons. The molecule has 0 fully saturated rings. The number of carbonyl (C=O) groups excluding carboxylic acids is 1. The molecule has 7 heteroatoms. The summed E-state index contributed by atoms with van der Waals surface area (Å²) in [7, 11) is 0. The molecular formula is C20H23N5OS. The van der Waals surface area contributed by atoms with Gasteiger partial charge in [-0.3, -0.25) is 4.79 Å². The second kappa shape index (κ2) is 6.78.